The predicted molar refractivity (Wildman–Crippen MR) is 125 cm³/mol. The number of ether oxygens (including phenoxy) is 1. The van der Waals surface area contributed by atoms with Gasteiger partial charge in [0.05, 0.1) is 29.1 Å². The summed E-state index contributed by atoms with van der Waals surface area (Å²) in [6.45, 7) is 1.66. The Hall–Kier alpha value is -2.88. The SMILES string of the molecule is CC(O)C(CCc1ccccc1OCCS(=O)(=O)c1ccc(Cl)cc1)n1cnc(C(N)=O)c1. The summed E-state index contributed by atoms with van der Waals surface area (Å²) in [5, 5.41) is 10.7. The van der Waals surface area contributed by atoms with Crippen LogP contribution in [0.5, 0.6) is 5.75 Å². The molecule has 3 N–H and O–H groups in total. The number of para-hydroxylation sites is 1. The molecule has 2 unspecified atom stereocenters. The van der Waals surface area contributed by atoms with Gasteiger partial charge in [-0.2, -0.15) is 0 Å². The number of hydrogen-bond donors (Lipinski definition) is 2. The van der Waals surface area contributed by atoms with Crippen LogP contribution in [0.3, 0.4) is 0 Å². The molecule has 1 amide bonds. The number of hydrogen-bond acceptors (Lipinski definition) is 6. The highest BCUT2D eigenvalue weighted by atomic mass is 35.5. The van der Waals surface area contributed by atoms with Gasteiger partial charge in [-0.05, 0) is 55.7 Å². The van der Waals surface area contributed by atoms with Crippen LogP contribution in [-0.4, -0.2) is 47.4 Å². The second-order valence-electron chi connectivity index (χ2n) is 7.65. The molecule has 0 radical (unpaired) electrons. The van der Waals surface area contributed by atoms with E-state index in [2.05, 4.69) is 4.98 Å². The lowest BCUT2D eigenvalue weighted by molar-refractivity contribution is 0.0994. The molecule has 176 valence electrons. The van der Waals surface area contributed by atoms with Crippen LogP contribution >= 0.6 is 11.6 Å². The summed E-state index contributed by atoms with van der Waals surface area (Å²) in [5.41, 5.74) is 6.27. The van der Waals surface area contributed by atoms with E-state index in [9.17, 15) is 18.3 Å². The van der Waals surface area contributed by atoms with Crippen LogP contribution in [0, 0.1) is 0 Å². The van der Waals surface area contributed by atoms with Crippen molar-refractivity contribution in [2.24, 2.45) is 5.73 Å². The van der Waals surface area contributed by atoms with Crippen molar-refractivity contribution in [3.63, 3.8) is 0 Å². The van der Waals surface area contributed by atoms with Gasteiger partial charge in [0.15, 0.2) is 9.84 Å². The number of aromatic nitrogens is 2. The van der Waals surface area contributed by atoms with E-state index in [4.69, 9.17) is 22.1 Å². The van der Waals surface area contributed by atoms with Crippen LogP contribution in [0.2, 0.25) is 5.02 Å². The number of amides is 1. The Kier molecular flexibility index (Phi) is 8.12. The van der Waals surface area contributed by atoms with E-state index in [0.29, 0.717) is 23.6 Å². The van der Waals surface area contributed by atoms with E-state index < -0.39 is 21.8 Å². The monoisotopic (exact) mass is 491 g/mol. The predicted octanol–water partition coefficient (Wildman–Crippen LogP) is 3.04. The lowest BCUT2D eigenvalue weighted by Gasteiger charge is -2.22. The molecule has 8 nitrogen and oxygen atoms in total. The highest BCUT2D eigenvalue weighted by Crippen LogP contribution is 2.25. The lowest BCUT2D eigenvalue weighted by Crippen LogP contribution is -2.21. The van der Waals surface area contributed by atoms with Crippen LogP contribution in [0.25, 0.3) is 0 Å². The molecule has 0 bridgehead atoms. The Morgan fingerprint density at radius 2 is 1.91 bits per heavy atom. The van der Waals surface area contributed by atoms with Crippen molar-refractivity contribution in [1.29, 1.82) is 0 Å². The van der Waals surface area contributed by atoms with Gasteiger partial charge in [-0.15, -0.1) is 0 Å². The van der Waals surface area contributed by atoms with Gasteiger partial charge in [-0.25, -0.2) is 13.4 Å². The van der Waals surface area contributed by atoms with Gasteiger partial charge in [0.1, 0.15) is 18.1 Å². The molecule has 10 heteroatoms. The zero-order valence-electron chi connectivity index (χ0n) is 18.1. The highest BCUT2D eigenvalue weighted by Gasteiger charge is 2.20. The first kappa shape index (κ1) is 24.8. The molecule has 1 aromatic heterocycles. The third kappa shape index (κ3) is 6.56. The molecule has 33 heavy (non-hydrogen) atoms. The summed E-state index contributed by atoms with van der Waals surface area (Å²) in [5.74, 6) is -0.230. The number of nitrogens with zero attached hydrogens (tertiary/aromatic N) is 2. The van der Waals surface area contributed by atoms with E-state index in [1.807, 2.05) is 18.2 Å². The Morgan fingerprint density at radius 1 is 1.21 bits per heavy atom. The van der Waals surface area contributed by atoms with Crippen molar-refractivity contribution in [1.82, 2.24) is 9.55 Å². The second-order valence-corrected chi connectivity index (χ2v) is 10.2. The molecule has 0 aliphatic heterocycles. The van der Waals surface area contributed by atoms with Crippen LogP contribution < -0.4 is 10.5 Å². The summed E-state index contributed by atoms with van der Waals surface area (Å²) < 4.78 is 32.5. The molecule has 0 spiro atoms. The summed E-state index contributed by atoms with van der Waals surface area (Å²) in [7, 11) is -3.50. The maximum Gasteiger partial charge on any atom is 0.268 e. The van der Waals surface area contributed by atoms with Crippen molar-refractivity contribution in [3.8, 4) is 5.75 Å². The Bertz CT molecular complexity index is 1190. The molecular weight excluding hydrogens is 466 g/mol. The van der Waals surface area contributed by atoms with E-state index in [1.165, 1.54) is 36.8 Å². The Morgan fingerprint density at radius 3 is 2.55 bits per heavy atom. The molecule has 0 fully saturated rings. The van der Waals surface area contributed by atoms with E-state index in [1.54, 1.807) is 17.6 Å². The van der Waals surface area contributed by atoms with Gasteiger partial charge in [0.25, 0.3) is 5.91 Å². The summed E-state index contributed by atoms with van der Waals surface area (Å²) in [6.07, 6.45) is 3.39. The van der Waals surface area contributed by atoms with Gasteiger partial charge in [0.2, 0.25) is 0 Å². The number of imidazole rings is 1. The molecule has 1 heterocycles. The van der Waals surface area contributed by atoms with Gasteiger partial charge >= 0.3 is 0 Å². The van der Waals surface area contributed by atoms with Gasteiger partial charge in [0, 0.05) is 11.2 Å². The second kappa shape index (κ2) is 10.8. The molecular formula is C23H26ClN3O5S. The first-order valence-electron chi connectivity index (χ1n) is 10.4. The van der Waals surface area contributed by atoms with Crippen LogP contribution in [0.15, 0.2) is 66.0 Å². The first-order chi connectivity index (χ1) is 15.7. The Balaban J connectivity index is 1.64. The van der Waals surface area contributed by atoms with Crippen molar-refractivity contribution >= 4 is 27.3 Å². The van der Waals surface area contributed by atoms with Gasteiger partial charge in [-0.3, -0.25) is 4.79 Å². The van der Waals surface area contributed by atoms with Crippen LogP contribution in [0.1, 0.15) is 35.4 Å². The number of carbonyl (C=O) groups is 1. The molecule has 2 atom stereocenters. The number of rotatable bonds is 11. The van der Waals surface area contributed by atoms with Crippen molar-refractivity contribution in [3.05, 3.63) is 77.3 Å². The van der Waals surface area contributed by atoms with E-state index >= 15 is 0 Å². The summed E-state index contributed by atoms with van der Waals surface area (Å²) in [4.78, 5) is 15.5. The third-order valence-corrected chi connectivity index (χ3v) is 7.20. The molecule has 0 saturated heterocycles. The largest absolute Gasteiger partial charge is 0.492 e. The number of benzene rings is 2. The summed E-state index contributed by atoms with van der Waals surface area (Å²) in [6, 6.07) is 13.0. The number of sulfone groups is 1. The van der Waals surface area contributed by atoms with Crippen molar-refractivity contribution in [2.75, 3.05) is 12.4 Å². The fraction of sp³-hybridized carbons (Fsp3) is 0.304. The average Bonchev–Trinajstić information content (AvgIpc) is 3.25. The van der Waals surface area contributed by atoms with E-state index in [-0.39, 0.29) is 29.0 Å². The fourth-order valence-corrected chi connectivity index (χ4v) is 4.68. The van der Waals surface area contributed by atoms with Crippen molar-refractivity contribution in [2.45, 2.75) is 36.8 Å². The minimum Gasteiger partial charge on any atom is -0.492 e. The Labute approximate surface area is 197 Å². The van der Waals surface area contributed by atoms with Gasteiger partial charge < -0.3 is 20.1 Å². The lowest BCUT2D eigenvalue weighted by atomic mass is 10.0. The first-order valence-corrected chi connectivity index (χ1v) is 12.4. The molecule has 0 aliphatic carbocycles. The summed E-state index contributed by atoms with van der Waals surface area (Å²) >= 11 is 5.83. The number of carbonyl (C=O) groups excluding carboxylic acids is 1. The maximum absolute atomic E-state index is 12.5. The number of aliphatic hydroxyl groups excluding tert-OH is 1. The third-order valence-electron chi connectivity index (χ3n) is 5.26. The zero-order chi connectivity index (χ0) is 24.0. The minimum absolute atomic E-state index is 0.00863. The fourth-order valence-electron chi connectivity index (χ4n) is 3.46. The molecule has 3 aromatic rings. The average molecular weight is 492 g/mol. The number of halogens is 1. The van der Waals surface area contributed by atoms with Crippen molar-refractivity contribution < 1.29 is 23.1 Å². The minimum atomic E-state index is -3.50. The highest BCUT2D eigenvalue weighted by molar-refractivity contribution is 7.91. The number of aliphatic hydroxyl groups is 1. The molecule has 2 aromatic carbocycles. The number of aryl methyl sites for hydroxylation is 1. The quantitative estimate of drug-likeness (QED) is 0.424. The maximum atomic E-state index is 12.5. The molecule has 0 aliphatic rings. The number of primary amides is 1. The van der Waals surface area contributed by atoms with E-state index in [0.717, 1.165) is 5.56 Å². The van der Waals surface area contributed by atoms with Gasteiger partial charge in [-0.1, -0.05) is 29.8 Å². The smallest absolute Gasteiger partial charge is 0.268 e. The van der Waals surface area contributed by atoms with Crippen LogP contribution in [-0.2, 0) is 16.3 Å². The molecule has 3 rings (SSSR count). The van der Waals surface area contributed by atoms with Crippen LogP contribution in [0.4, 0.5) is 0 Å². The normalized spacial score (nSPS) is 13.4. The standard InChI is InChI=1S/C23H26ClN3O5S/c1-16(28)21(27-14-20(23(25)29)26-15-27)11-6-17-4-2-3-5-22(17)32-12-13-33(30,31)19-9-7-18(24)8-10-19/h2-5,7-10,14-16,21,28H,6,11-13H2,1H3,(H2,25,29). The zero-order valence-corrected chi connectivity index (χ0v) is 19.7. The number of nitrogens with two attached hydrogens (primary N) is 1. The topological polar surface area (TPSA) is 125 Å². The molecule has 0 saturated carbocycles.